The maximum atomic E-state index is 13.5. The Hall–Kier alpha value is -1.67. The Morgan fingerprint density at radius 1 is 1.43 bits per heavy atom. The van der Waals surface area contributed by atoms with Crippen molar-refractivity contribution in [2.45, 2.75) is 30.2 Å². The number of piperidine rings is 1. The second-order valence-corrected chi connectivity index (χ2v) is 6.75. The van der Waals surface area contributed by atoms with Crippen LogP contribution >= 0.6 is 0 Å². The molecule has 1 aromatic rings. The molecule has 116 valence electrons. The molecule has 1 amide bonds. The number of nitrogen functional groups attached to an aromatic ring is 1. The molecule has 0 bridgehead atoms. The summed E-state index contributed by atoms with van der Waals surface area (Å²) >= 11 is 0. The van der Waals surface area contributed by atoms with E-state index in [2.05, 4.69) is 5.32 Å². The number of benzene rings is 1. The van der Waals surface area contributed by atoms with Gasteiger partial charge < -0.3 is 11.1 Å². The highest BCUT2D eigenvalue weighted by Gasteiger charge is 2.38. The molecule has 6 nitrogen and oxygen atoms in total. The van der Waals surface area contributed by atoms with Gasteiger partial charge in [0, 0.05) is 13.6 Å². The maximum Gasteiger partial charge on any atom is 0.245 e. The number of likely N-dealkylation sites (N-methyl/N-ethyl adjacent to an activating group) is 1. The van der Waals surface area contributed by atoms with E-state index < -0.39 is 27.6 Å². The van der Waals surface area contributed by atoms with Crippen LogP contribution in [0.15, 0.2) is 23.1 Å². The molecule has 0 saturated carbocycles. The van der Waals surface area contributed by atoms with Crippen LogP contribution in [0.4, 0.5) is 10.1 Å². The molecule has 0 spiro atoms. The number of nitrogens with two attached hydrogens (primary N) is 1. The minimum Gasteiger partial charge on any atom is -0.395 e. The Balaban J connectivity index is 2.46. The molecule has 1 unspecified atom stereocenters. The van der Waals surface area contributed by atoms with E-state index in [0.717, 1.165) is 16.8 Å². The van der Waals surface area contributed by atoms with Gasteiger partial charge in [0.15, 0.2) is 0 Å². The molecule has 0 aromatic heterocycles. The van der Waals surface area contributed by atoms with Crippen LogP contribution in [0.5, 0.6) is 0 Å². The van der Waals surface area contributed by atoms with Gasteiger partial charge in [0.25, 0.3) is 0 Å². The third kappa shape index (κ3) is 2.86. The first kappa shape index (κ1) is 15.7. The lowest BCUT2D eigenvalue weighted by molar-refractivity contribution is -0.125. The first-order valence-corrected chi connectivity index (χ1v) is 8.11. The van der Waals surface area contributed by atoms with Crippen molar-refractivity contribution in [2.24, 2.45) is 0 Å². The number of halogens is 1. The van der Waals surface area contributed by atoms with Crippen LogP contribution in [-0.2, 0) is 14.8 Å². The number of hydrogen-bond acceptors (Lipinski definition) is 4. The smallest absolute Gasteiger partial charge is 0.245 e. The number of rotatable bonds is 3. The SMILES string of the molecule is CNC(=O)C1CCCCN1S(=O)(=O)c1cccc(F)c1N. The molecule has 1 aromatic carbocycles. The number of amides is 1. The number of para-hydroxylation sites is 1. The summed E-state index contributed by atoms with van der Waals surface area (Å²) in [5, 5.41) is 2.46. The largest absolute Gasteiger partial charge is 0.395 e. The fourth-order valence-electron chi connectivity index (χ4n) is 2.49. The normalized spacial score (nSPS) is 20.2. The predicted molar refractivity (Wildman–Crippen MR) is 76.4 cm³/mol. The topological polar surface area (TPSA) is 92.5 Å². The Morgan fingerprint density at radius 3 is 2.81 bits per heavy atom. The van der Waals surface area contributed by atoms with Gasteiger partial charge in [-0.25, -0.2) is 12.8 Å². The summed E-state index contributed by atoms with van der Waals surface area (Å²) in [6.45, 7) is 0.219. The van der Waals surface area contributed by atoms with E-state index in [1.807, 2.05) is 0 Å². The minimum atomic E-state index is -4.01. The van der Waals surface area contributed by atoms with Gasteiger partial charge in [-0.05, 0) is 25.0 Å². The van der Waals surface area contributed by atoms with E-state index in [1.165, 1.54) is 19.2 Å². The van der Waals surface area contributed by atoms with Crippen LogP contribution in [0.1, 0.15) is 19.3 Å². The highest BCUT2D eigenvalue weighted by atomic mass is 32.2. The van der Waals surface area contributed by atoms with Crippen molar-refractivity contribution in [1.82, 2.24) is 9.62 Å². The Morgan fingerprint density at radius 2 is 2.14 bits per heavy atom. The summed E-state index contributed by atoms with van der Waals surface area (Å²) in [5.74, 6) is -1.15. The van der Waals surface area contributed by atoms with Crippen molar-refractivity contribution in [3.8, 4) is 0 Å². The van der Waals surface area contributed by atoms with E-state index in [9.17, 15) is 17.6 Å². The average Bonchev–Trinajstić information content (AvgIpc) is 2.49. The molecule has 1 fully saturated rings. The zero-order valence-electron chi connectivity index (χ0n) is 11.7. The van der Waals surface area contributed by atoms with Crippen molar-refractivity contribution in [3.05, 3.63) is 24.0 Å². The quantitative estimate of drug-likeness (QED) is 0.803. The van der Waals surface area contributed by atoms with Crippen LogP contribution in [0.3, 0.4) is 0 Å². The molecule has 1 aliphatic rings. The van der Waals surface area contributed by atoms with Crippen molar-refractivity contribution in [2.75, 3.05) is 19.3 Å². The second kappa shape index (κ2) is 5.98. The number of sulfonamides is 1. The van der Waals surface area contributed by atoms with E-state index in [0.29, 0.717) is 12.8 Å². The van der Waals surface area contributed by atoms with Gasteiger partial charge in [-0.2, -0.15) is 4.31 Å². The third-order valence-electron chi connectivity index (χ3n) is 3.60. The standard InChI is InChI=1S/C13H18FN3O3S/c1-16-13(18)10-6-2-3-8-17(10)21(19,20)11-7-4-5-9(14)12(11)15/h4-5,7,10H,2-3,6,8,15H2,1H3,(H,16,18). The summed E-state index contributed by atoms with van der Waals surface area (Å²) in [6.07, 6.45) is 1.86. The van der Waals surface area contributed by atoms with Gasteiger partial charge in [-0.1, -0.05) is 12.5 Å². The summed E-state index contributed by atoms with van der Waals surface area (Å²) in [6, 6.07) is 2.86. The lowest BCUT2D eigenvalue weighted by atomic mass is 10.0. The zero-order valence-corrected chi connectivity index (χ0v) is 12.5. The molecule has 1 atom stereocenters. The molecule has 0 radical (unpaired) electrons. The Kier molecular flexibility index (Phi) is 4.48. The van der Waals surface area contributed by atoms with E-state index in [-0.39, 0.29) is 17.3 Å². The Bertz CT molecular complexity index is 648. The van der Waals surface area contributed by atoms with Gasteiger partial charge in [0.2, 0.25) is 15.9 Å². The molecule has 1 heterocycles. The van der Waals surface area contributed by atoms with E-state index >= 15 is 0 Å². The molecular formula is C13H18FN3O3S. The molecule has 21 heavy (non-hydrogen) atoms. The van der Waals surface area contributed by atoms with Crippen molar-refractivity contribution >= 4 is 21.6 Å². The lowest BCUT2D eigenvalue weighted by Gasteiger charge is -2.33. The Labute approximate surface area is 123 Å². The molecule has 3 N–H and O–H groups in total. The summed E-state index contributed by atoms with van der Waals surface area (Å²) < 4.78 is 40.0. The first-order chi connectivity index (χ1) is 9.89. The number of anilines is 1. The number of hydrogen-bond donors (Lipinski definition) is 2. The minimum absolute atomic E-state index is 0.219. The monoisotopic (exact) mass is 315 g/mol. The highest BCUT2D eigenvalue weighted by Crippen LogP contribution is 2.29. The summed E-state index contributed by atoms with van der Waals surface area (Å²) in [4.78, 5) is 11.6. The van der Waals surface area contributed by atoms with Gasteiger partial charge in [-0.3, -0.25) is 4.79 Å². The fraction of sp³-hybridized carbons (Fsp3) is 0.462. The van der Waals surface area contributed by atoms with Gasteiger partial charge in [0.05, 0.1) is 5.69 Å². The van der Waals surface area contributed by atoms with Crippen LogP contribution in [0.25, 0.3) is 0 Å². The van der Waals surface area contributed by atoms with Crippen LogP contribution in [0, 0.1) is 5.82 Å². The van der Waals surface area contributed by atoms with Crippen molar-refractivity contribution in [3.63, 3.8) is 0 Å². The van der Waals surface area contributed by atoms with Crippen LogP contribution in [-0.4, -0.2) is 38.3 Å². The third-order valence-corrected chi connectivity index (χ3v) is 5.57. The van der Waals surface area contributed by atoms with Crippen molar-refractivity contribution < 1.29 is 17.6 Å². The average molecular weight is 315 g/mol. The maximum absolute atomic E-state index is 13.5. The highest BCUT2D eigenvalue weighted by molar-refractivity contribution is 7.89. The van der Waals surface area contributed by atoms with Crippen LogP contribution < -0.4 is 11.1 Å². The van der Waals surface area contributed by atoms with Gasteiger partial charge in [0.1, 0.15) is 16.8 Å². The molecule has 1 aliphatic heterocycles. The van der Waals surface area contributed by atoms with E-state index in [1.54, 1.807) is 0 Å². The summed E-state index contributed by atoms with van der Waals surface area (Å²) in [7, 11) is -2.56. The number of nitrogens with one attached hydrogen (secondary N) is 1. The number of carbonyl (C=O) groups is 1. The second-order valence-electron chi connectivity index (χ2n) is 4.89. The van der Waals surface area contributed by atoms with Crippen LogP contribution in [0.2, 0.25) is 0 Å². The molecule has 1 saturated heterocycles. The van der Waals surface area contributed by atoms with Gasteiger partial charge in [-0.15, -0.1) is 0 Å². The zero-order chi connectivity index (χ0) is 15.6. The number of carbonyl (C=O) groups excluding carboxylic acids is 1. The van der Waals surface area contributed by atoms with Gasteiger partial charge >= 0.3 is 0 Å². The summed E-state index contributed by atoms with van der Waals surface area (Å²) in [5.41, 5.74) is 5.13. The lowest BCUT2D eigenvalue weighted by Crippen LogP contribution is -2.51. The number of nitrogens with zero attached hydrogens (tertiary/aromatic N) is 1. The molecule has 0 aliphatic carbocycles. The van der Waals surface area contributed by atoms with Crippen molar-refractivity contribution in [1.29, 1.82) is 0 Å². The molecule has 2 rings (SSSR count). The molecule has 8 heteroatoms. The first-order valence-electron chi connectivity index (χ1n) is 6.67. The predicted octanol–water partition coefficient (Wildman–Crippen LogP) is 0.697. The fourth-order valence-corrected chi connectivity index (χ4v) is 4.27. The van der Waals surface area contributed by atoms with E-state index in [4.69, 9.17) is 5.73 Å². The molecular weight excluding hydrogens is 297 g/mol.